The summed E-state index contributed by atoms with van der Waals surface area (Å²) in [6, 6.07) is 17.0. The highest BCUT2D eigenvalue weighted by molar-refractivity contribution is 7.89. The van der Waals surface area contributed by atoms with E-state index in [0.29, 0.717) is 12.8 Å². The lowest BCUT2D eigenvalue weighted by Gasteiger charge is -2.42. The zero-order chi connectivity index (χ0) is 26.4. The molecule has 7 nitrogen and oxygen atoms in total. The van der Waals surface area contributed by atoms with Crippen LogP contribution in [-0.2, 0) is 16.4 Å². The van der Waals surface area contributed by atoms with Gasteiger partial charge in [0, 0.05) is 18.7 Å². The number of carbonyl (C=O) groups excluding carboxylic acids is 1. The number of carbonyl (C=O) groups is 1. The Morgan fingerprint density at radius 2 is 1.87 bits per heavy atom. The van der Waals surface area contributed by atoms with Crippen LogP contribution in [0.3, 0.4) is 0 Å². The summed E-state index contributed by atoms with van der Waals surface area (Å²) < 4.78 is 44.4. The molecule has 1 unspecified atom stereocenters. The Hall–Kier alpha value is -3.95. The average molecular weight is 529 g/mol. The first-order valence-corrected chi connectivity index (χ1v) is 13.8. The van der Waals surface area contributed by atoms with Gasteiger partial charge in [-0.25, -0.2) is 17.5 Å². The first-order valence-electron chi connectivity index (χ1n) is 12.4. The van der Waals surface area contributed by atoms with Gasteiger partial charge in [0.2, 0.25) is 10.0 Å². The van der Waals surface area contributed by atoms with Crippen LogP contribution in [0.25, 0.3) is 11.8 Å². The maximum absolute atomic E-state index is 13.9. The molecule has 192 valence electrons. The molecule has 6 rings (SSSR count). The Kier molecular flexibility index (Phi) is 6.04. The summed E-state index contributed by atoms with van der Waals surface area (Å²) in [5.41, 5.74) is 4.54. The largest absolute Gasteiger partial charge is 0.291 e. The van der Waals surface area contributed by atoms with E-state index < -0.39 is 16.1 Å². The van der Waals surface area contributed by atoms with Crippen LogP contribution in [0.5, 0.6) is 0 Å². The minimum atomic E-state index is -3.96. The van der Waals surface area contributed by atoms with Gasteiger partial charge in [-0.1, -0.05) is 23.8 Å². The molecule has 9 heteroatoms. The van der Waals surface area contributed by atoms with Crippen molar-refractivity contribution in [3.8, 4) is 5.69 Å². The molecule has 1 aliphatic heterocycles. The highest BCUT2D eigenvalue weighted by atomic mass is 32.2. The quantitative estimate of drug-likeness (QED) is 0.353. The van der Waals surface area contributed by atoms with E-state index in [4.69, 9.17) is 0 Å². The van der Waals surface area contributed by atoms with E-state index in [0.717, 1.165) is 28.1 Å². The predicted molar refractivity (Wildman–Crippen MR) is 141 cm³/mol. The van der Waals surface area contributed by atoms with Crippen molar-refractivity contribution in [2.24, 2.45) is 5.92 Å². The molecule has 2 aromatic carbocycles. The van der Waals surface area contributed by atoms with E-state index in [1.165, 1.54) is 22.6 Å². The van der Waals surface area contributed by atoms with Gasteiger partial charge in [-0.3, -0.25) is 9.78 Å². The smallest absolute Gasteiger partial charge is 0.243 e. The normalized spacial score (nSPS) is 19.4. The summed E-state index contributed by atoms with van der Waals surface area (Å²) in [5.74, 6) is -1.02. The molecule has 3 heterocycles. The SMILES string of the molecule is Cc1cccc(S(=O)(=O)N2CCC3=Cc4c(cnn4-c4ccc(F)cc4)CC3[C@H]2C(=O)c2ccccn2)c1. The van der Waals surface area contributed by atoms with Gasteiger partial charge in [-0.15, -0.1) is 0 Å². The van der Waals surface area contributed by atoms with E-state index in [2.05, 4.69) is 10.1 Å². The van der Waals surface area contributed by atoms with Crippen molar-refractivity contribution >= 4 is 21.9 Å². The third-order valence-electron chi connectivity index (χ3n) is 7.29. The third-order valence-corrected chi connectivity index (χ3v) is 9.17. The number of nitrogens with zero attached hydrogens (tertiary/aromatic N) is 4. The van der Waals surface area contributed by atoms with Crippen LogP contribution >= 0.6 is 0 Å². The standard InChI is InChI=1S/C29H25FN4O3S/c1-19-5-4-6-24(15-19)38(36,37)33-14-12-20-17-27-21(18-32-34(27)23-10-8-22(30)9-11-23)16-25(20)28(33)29(35)26-7-2-3-13-31-26/h2-11,13,15,17-18,25,28H,12,14,16H2,1H3/t25?,28-/m0/s1. The Labute approximate surface area is 220 Å². The van der Waals surface area contributed by atoms with Crippen LogP contribution in [0.4, 0.5) is 4.39 Å². The Morgan fingerprint density at radius 1 is 1.05 bits per heavy atom. The minimum absolute atomic E-state index is 0.169. The number of Topliss-reactive ketones (excluding diaryl/α,β-unsaturated/α-hetero) is 1. The number of piperidine rings is 1. The lowest BCUT2D eigenvalue weighted by molar-refractivity contribution is 0.0821. The molecular weight excluding hydrogens is 503 g/mol. The van der Waals surface area contributed by atoms with Gasteiger partial charge in [-0.2, -0.15) is 9.40 Å². The number of fused-ring (bicyclic) bond motifs is 2. The maximum Gasteiger partial charge on any atom is 0.243 e. The van der Waals surface area contributed by atoms with Crippen molar-refractivity contribution in [2.45, 2.75) is 30.7 Å². The molecule has 0 amide bonds. The van der Waals surface area contributed by atoms with Gasteiger partial charge in [0.15, 0.2) is 5.78 Å². The summed E-state index contributed by atoms with van der Waals surface area (Å²) in [6.07, 6.45) is 6.22. The molecule has 1 aliphatic carbocycles. The van der Waals surface area contributed by atoms with Crippen LogP contribution in [0.15, 0.2) is 89.6 Å². The minimum Gasteiger partial charge on any atom is -0.291 e. The summed E-state index contributed by atoms with van der Waals surface area (Å²) in [4.78, 5) is 18.4. The zero-order valence-corrected chi connectivity index (χ0v) is 21.5. The van der Waals surface area contributed by atoms with E-state index in [9.17, 15) is 17.6 Å². The van der Waals surface area contributed by atoms with Gasteiger partial charge < -0.3 is 0 Å². The van der Waals surface area contributed by atoms with Crippen LogP contribution < -0.4 is 0 Å². The number of sulfonamides is 1. The van der Waals surface area contributed by atoms with E-state index in [-0.39, 0.29) is 34.7 Å². The van der Waals surface area contributed by atoms with Gasteiger partial charge in [-0.05, 0) is 85.5 Å². The molecule has 0 bridgehead atoms. The lowest BCUT2D eigenvalue weighted by atomic mass is 9.76. The number of rotatable bonds is 5. The molecule has 4 aromatic rings. The second kappa shape index (κ2) is 9.41. The molecule has 2 atom stereocenters. The van der Waals surface area contributed by atoms with Crippen LogP contribution in [0.1, 0.15) is 33.7 Å². The predicted octanol–water partition coefficient (Wildman–Crippen LogP) is 4.62. The molecule has 2 aromatic heterocycles. The van der Waals surface area contributed by atoms with Crippen molar-refractivity contribution in [1.82, 2.24) is 19.1 Å². The van der Waals surface area contributed by atoms with Crippen molar-refractivity contribution in [1.29, 1.82) is 0 Å². The number of hydrogen-bond acceptors (Lipinski definition) is 5. The molecule has 1 saturated heterocycles. The topological polar surface area (TPSA) is 85.2 Å². The third kappa shape index (κ3) is 4.17. The van der Waals surface area contributed by atoms with Crippen molar-refractivity contribution < 1.29 is 17.6 Å². The fourth-order valence-corrected chi connectivity index (χ4v) is 7.18. The lowest BCUT2D eigenvalue weighted by Crippen LogP contribution is -2.54. The highest BCUT2D eigenvalue weighted by Crippen LogP contribution is 2.41. The molecular formula is C29H25FN4O3S. The summed E-state index contributed by atoms with van der Waals surface area (Å²) in [7, 11) is -3.96. The number of pyridine rings is 1. The maximum atomic E-state index is 13.9. The van der Waals surface area contributed by atoms with Gasteiger partial charge in [0.05, 0.1) is 28.5 Å². The first kappa shape index (κ1) is 24.4. The molecule has 1 fully saturated rings. The summed E-state index contributed by atoms with van der Waals surface area (Å²) >= 11 is 0. The number of aryl methyl sites for hydroxylation is 1. The van der Waals surface area contributed by atoms with Crippen LogP contribution in [0.2, 0.25) is 0 Å². The monoisotopic (exact) mass is 528 g/mol. The summed E-state index contributed by atoms with van der Waals surface area (Å²) in [6.45, 7) is 2.01. The van der Waals surface area contributed by atoms with Crippen LogP contribution in [0, 0.1) is 18.7 Å². The second-order valence-corrected chi connectivity index (χ2v) is 11.6. The number of aromatic nitrogens is 3. The van der Waals surface area contributed by atoms with E-state index in [1.54, 1.807) is 59.4 Å². The molecule has 0 spiro atoms. The Balaban J connectivity index is 1.43. The van der Waals surface area contributed by atoms with Crippen LogP contribution in [-0.4, -0.2) is 45.9 Å². The molecule has 0 saturated carbocycles. The van der Waals surface area contributed by atoms with E-state index >= 15 is 0 Å². The molecule has 0 N–H and O–H groups in total. The number of ketones is 1. The Bertz CT molecular complexity index is 1660. The van der Waals surface area contributed by atoms with Gasteiger partial charge >= 0.3 is 0 Å². The summed E-state index contributed by atoms with van der Waals surface area (Å²) in [5, 5.41) is 4.53. The molecule has 2 aliphatic rings. The number of halogens is 1. The fraction of sp³-hybridized carbons (Fsp3) is 0.207. The second-order valence-electron chi connectivity index (χ2n) is 9.68. The Morgan fingerprint density at radius 3 is 2.61 bits per heavy atom. The van der Waals surface area contributed by atoms with Gasteiger partial charge in [0.25, 0.3) is 0 Å². The number of hydrogen-bond donors (Lipinski definition) is 0. The fourth-order valence-electron chi connectivity index (χ4n) is 5.45. The molecule has 0 radical (unpaired) electrons. The van der Waals surface area contributed by atoms with Crippen molar-refractivity contribution in [3.63, 3.8) is 0 Å². The number of benzene rings is 2. The highest BCUT2D eigenvalue weighted by Gasteiger charge is 2.47. The van der Waals surface area contributed by atoms with Gasteiger partial charge in [0.1, 0.15) is 11.5 Å². The van der Waals surface area contributed by atoms with Crippen molar-refractivity contribution in [2.75, 3.05) is 6.54 Å². The average Bonchev–Trinajstić information content (AvgIpc) is 3.34. The zero-order valence-electron chi connectivity index (χ0n) is 20.7. The van der Waals surface area contributed by atoms with E-state index in [1.807, 2.05) is 19.1 Å². The molecule has 38 heavy (non-hydrogen) atoms. The van der Waals surface area contributed by atoms with Crippen molar-refractivity contribution in [3.05, 3.63) is 113 Å². The first-order chi connectivity index (χ1) is 18.3.